The lowest BCUT2D eigenvalue weighted by Gasteiger charge is -2.28. The van der Waals surface area contributed by atoms with Crippen molar-refractivity contribution in [3.05, 3.63) is 65.6 Å². The topological polar surface area (TPSA) is 62.6 Å². The Morgan fingerprint density at radius 2 is 1.62 bits per heavy atom. The van der Waals surface area contributed by atoms with E-state index >= 15 is 0 Å². The van der Waals surface area contributed by atoms with Gasteiger partial charge >= 0.3 is 0 Å². The molecule has 0 spiro atoms. The second-order valence-corrected chi connectivity index (χ2v) is 5.76. The predicted molar refractivity (Wildman–Crippen MR) is 108 cm³/mol. The van der Waals surface area contributed by atoms with Gasteiger partial charge in [0.1, 0.15) is 11.5 Å². The molecule has 0 aliphatic carbocycles. The zero-order valence-corrected chi connectivity index (χ0v) is 16.6. The first-order valence-electron chi connectivity index (χ1n) is 8.28. The second kappa shape index (κ2) is 9.68. The lowest BCUT2D eigenvalue weighted by Crippen LogP contribution is -2.54. The SMILES string of the molecule is C=C1C(=O)NC(=S)N(c2cccc(C)c2)C1=O.CC.Cc1ccc(C)o1. The Bertz CT molecular complexity index is 807. The molecular formula is C20H24N2O3S. The molecule has 0 radical (unpaired) electrons. The number of carbonyl (C=O) groups is 2. The Morgan fingerprint density at radius 3 is 2.08 bits per heavy atom. The van der Waals surface area contributed by atoms with Crippen LogP contribution < -0.4 is 10.2 Å². The van der Waals surface area contributed by atoms with E-state index in [0.717, 1.165) is 17.1 Å². The molecule has 1 aromatic carbocycles. The molecule has 6 heteroatoms. The zero-order chi connectivity index (χ0) is 19.9. The van der Waals surface area contributed by atoms with Crippen LogP contribution >= 0.6 is 12.2 Å². The molecule has 0 atom stereocenters. The number of furan rings is 1. The number of rotatable bonds is 1. The highest BCUT2D eigenvalue weighted by atomic mass is 32.1. The summed E-state index contributed by atoms with van der Waals surface area (Å²) in [6.45, 7) is 13.2. The molecule has 2 amide bonds. The smallest absolute Gasteiger partial charge is 0.269 e. The van der Waals surface area contributed by atoms with E-state index in [1.54, 1.807) is 6.07 Å². The van der Waals surface area contributed by atoms with Crippen molar-refractivity contribution < 1.29 is 14.0 Å². The third kappa shape index (κ3) is 5.39. The first-order chi connectivity index (χ1) is 12.3. The monoisotopic (exact) mass is 372 g/mol. The number of aryl methyl sites for hydroxylation is 3. The summed E-state index contributed by atoms with van der Waals surface area (Å²) in [6, 6.07) is 11.2. The highest BCUT2D eigenvalue weighted by molar-refractivity contribution is 7.80. The largest absolute Gasteiger partial charge is 0.467 e. The van der Waals surface area contributed by atoms with Crippen molar-refractivity contribution in [3.63, 3.8) is 0 Å². The van der Waals surface area contributed by atoms with Crippen LogP contribution in [0.5, 0.6) is 0 Å². The highest BCUT2D eigenvalue weighted by Crippen LogP contribution is 2.20. The molecule has 138 valence electrons. The summed E-state index contributed by atoms with van der Waals surface area (Å²) in [4.78, 5) is 24.5. The van der Waals surface area contributed by atoms with E-state index in [4.69, 9.17) is 16.6 Å². The van der Waals surface area contributed by atoms with Crippen LogP contribution in [0.25, 0.3) is 0 Å². The maximum Gasteiger partial charge on any atom is 0.269 e. The van der Waals surface area contributed by atoms with Gasteiger partial charge in [-0.1, -0.05) is 32.6 Å². The van der Waals surface area contributed by atoms with Crippen LogP contribution in [-0.2, 0) is 9.59 Å². The predicted octanol–water partition coefficient (Wildman–Crippen LogP) is 4.22. The van der Waals surface area contributed by atoms with Gasteiger partial charge in [-0.05, 0) is 62.8 Å². The summed E-state index contributed by atoms with van der Waals surface area (Å²) in [5.41, 5.74) is 1.52. The first-order valence-corrected chi connectivity index (χ1v) is 8.69. The third-order valence-corrected chi connectivity index (χ3v) is 3.58. The second-order valence-electron chi connectivity index (χ2n) is 5.37. The van der Waals surface area contributed by atoms with E-state index in [9.17, 15) is 9.59 Å². The molecule has 1 saturated heterocycles. The van der Waals surface area contributed by atoms with Crippen molar-refractivity contribution in [3.8, 4) is 0 Å². The lowest BCUT2D eigenvalue weighted by atomic mass is 10.1. The van der Waals surface area contributed by atoms with E-state index in [-0.39, 0.29) is 10.7 Å². The molecule has 1 aliphatic rings. The zero-order valence-electron chi connectivity index (χ0n) is 15.8. The molecule has 3 rings (SSSR count). The molecule has 1 aromatic heterocycles. The van der Waals surface area contributed by atoms with Gasteiger partial charge in [0.2, 0.25) is 0 Å². The normalized spacial score (nSPS) is 13.3. The number of carbonyl (C=O) groups excluding carboxylic acids is 2. The van der Waals surface area contributed by atoms with Crippen LogP contribution in [-0.4, -0.2) is 16.9 Å². The van der Waals surface area contributed by atoms with Crippen molar-refractivity contribution in [2.45, 2.75) is 34.6 Å². The Balaban J connectivity index is 0.000000313. The van der Waals surface area contributed by atoms with E-state index in [2.05, 4.69) is 11.9 Å². The van der Waals surface area contributed by atoms with Crippen molar-refractivity contribution in [2.75, 3.05) is 4.90 Å². The fraction of sp³-hybridized carbons (Fsp3) is 0.250. The van der Waals surface area contributed by atoms with Crippen molar-refractivity contribution in [2.24, 2.45) is 0 Å². The number of thiocarbonyl (C=S) groups is 1. The maximum absolute atomic E-state index is 11.9. The summed E-state index contributed by atoms with van der Waals surface area (Å²) in [5.74, 6) is 0.947. The number of benzene rings is 1. The van der Waals surface area contributed by atoms with Gasteiger partial charge in [0.15, 0.2) is 5.11 Å². The van der Waals surface area contributed by atoms with Gasteiger partial charge in [0.05, 0.1) is 11.3 Å². The summed E-state index contributed by atoms with van der Waals surface area (Å²) >= 11 is 4.99. The van der Waals surface area contributed by atoms with E-state index in [1.807, 2.05) is 65.0 Å². The molecule has 26 heavy (non-hydrogen) atoms. The first kappa shape index (κ1) is 21.3. The minimum absolute atomic E-state index is 0.0815. The van der Waals surface area contributed by atoms with Gasteiger partial charge in [0.25, 0.3) is 11.8 Å². The Hall–Kier alpha value is -2.73. The standard InChI is InChI=1S/C12H10N2O2S.C6H8O.C2H6/c1-7-4-3-5-9(6-7)14-11(16)8(2)10(15)13-12(14)17;1-5-3-4-6(2)7-5;1-2/h3-6H,2H2,1H3,(H,13,15,17);3-4H,1-2H3;1-2H3. The van der Waals surface area contributed by atoms with Gasteiger partial charge in [-0.25, -0.2) is 0 Å². The number of amides is 2. The quantitative estimate of drug-likeness (QED) is 0.462. The van der Waals surface area contributed by atoms with Crippen molar-refractivity contribution in [1.82, 2.24) is 5.32 Å². The summed E-state index contributed by atoms with van der Waals surface area (Å²) in [7, 11) is 0. The molecular weight excluding hydrogens is 348 g/mol. The van der Waals surface area contributed by atoms with Crippen LogP contribution in [0, 0.1) is 20.8 Å². The number of hydrogen-bond acceptors (Lipinski definition) is 4. The molecule has 2 heterocycles. The number of anilines is 1. The fourth-order valence-electron chi connectivity index (χ4n) is 2.11. The summed E-state index contributed by atoms with van der Waals surface area (Å²) in [5, 5.41) is 2.51. The van der Waals surface area contributed by atoms with Crippen LogP contribution in [0.2, 0.25) is 0 Å². The number of hydrogen-bond donors (Lipinski definition) is 1. The highest BCUT2D eigenvalue weighted by Gasteiger charge is 2.32. The molecule has 0 unspecified atom stereocenters. The third-order valence-electron chi connectivity index (χ3n) is 3.29. The lowest BCUT2D eigenvalue weighted by molar-refractivity contribution is -0.122. The average molecular weight is 372 g/mol. The van der Waals surface area contributed by atoms with Crippen LogP contribution in [0.1, 0.15) is 30.9 Å². The van der Waals surface area contributed by atoms with Crippen molar-refractivity contribution >= 4 is 34.8 Å². The molecule has 0 bridgehead atoms. The maximum atomic E-state index is 11.9. The van der Waals surface area contributed by atoms with Crippen LogP contribution in [0.4, 0.5) is 5.69 Å². The minimum Gasteiger partial charge on any atom is -0.467 e. The van der Waals surface area contributed by atoms with Gasteiger partial charge < -0.3 is 4.42 Å². The van der Waals surface area contributed by atoms with Gasteiger partial charge in [-0.15, -0.1) is 0 Å². The van der Waals surface area contributed by atoms with E-state index in [0.29, 0.717) is 5.69 Å². The molecule has 5 nitrogen and oxygen atoms in total. The number of nitrogens with zero attached hydrogens (tertiary/aromatic N) is 1. The van der Waals surface area contributed by atoms with Gasteiger partial charge in [-0.3, -0.25) is 19.8 Å². The Kier molecular flexibility index (Phi) is 7.93. The van der Waals surface area contributed by atoms with Crippen molar-refractivity contribution in [1.29, 1.82) is 0 Å². The Morgan fingerprint density at radius 1 is 1.04 bits per heavy atom. The van der Waals surface area contributed by atoms with Gasteiger partial charge in [0, 0.05) is 0 Å². The summed E-state index contributed by atoms with van der Waals surface area (Å²) in [6.07, 6.45) is 0. The van der Waals surface area contributed by atoms with E-state index < -0.39 is 11.8 Å². The number of nitrogens with one attached hydrogen (secondary N) is 1. The summed E-state index contributed by atoms with van der Waals surface area (Å²) < 4.78 is 5.08. The van der Waals surface area contributed by atoms with E-state index in [1.165, 1.54) is 4.90 Å². The van der Waals surface area contributed by atoms with Gasteiger partial charge in [-0.2, -0.15) is 0 Å². The fourth-order valence-corrected chi connectivity index (χ4v) is 2.39. The Labute approximate surface area is 159 Å². The molecule has 1 aliphatic heterocycles. The van der Waals surface area contributed by atoms with Crippen LogP contribution in [0.3, 0.4) is 0 Å². The molecule has 1 N–H and O–H groups in total. The molecule has 2 aromatic rings. The molecule has 0 saturated carbocycles. The minimum atomic E-state index is -0.538. The molecule has 1 fully saturated rings. The average Bonchev–Trinajstić information content (AvgIpc) is 2.98. The van der Waals surface area contributed by atoms with Crippen LogP contribution in [0.15, 0.2) is 53.0 Å².